The second-order valence-electron chi connectivity index (χ2n) is 6.45. The Morgan fingerprint density at radius 1 is 1.26 bits per heavy atom. The topological polar surface area (TPSA) is 67.3 Å². The number of likely N-dealkylation sites (N-methyl/N-ethyl adjacent to an activating group) is 1. The van der Waals surface area contributed by atoms with Crippen molar-refractivity contribution in [2.24, 2.45) is 0 Å². The summed E-state index contributed by atoms with van der Waals surface area (Å²) in [5.41, 5.74) is 3.44. The van der Waals surface area contributed by atoms with Crippen molar-refractivity contribution in [3.63, 3.8) is 0 Å². The number of thiophene rings is 1. The summed E-state index contributed by atoms with van der Waals surface area (Å²) in [7, 11) is 3.54. The van der Waals surface area contributed by atoms with E-state index in [-0.39, 0.29) is 12.5 Å². The van der Waals surface area contributed by atoms with Crippen LogP contribution in [0.15, 0.2) is 36.0 Å². The molecule has 0 fully saturated rings. The molecule has 0 saturated carbocycles. The number of methoxy groups -OCH3 is 1. The highest BCUT2D eigenvalue weighted by atomic mass is 32.1. The maximum Gasteiger partial charge on any atom is 0.239 e. The third-order valence-corrected chi connectivity index (χ3v) is 5.19. The van der Waals surface area contributed by atoms with E-state index in [1.54, 1.807) is 24.8 Å². The van der Waals surface area contributed by atoms with Crippen molar-refractivity contribution in [1.82, 2.24) is 15.3 Å². The smallest absolute Gasteiger partial charge is 0.239 e. The third-order valence-electron chi connectivity index (χ3n) is 4.30. The van der Waals surface area contributed by atoms with Crippen LogP contribution < -0.4 is 10.2 Å². The minimum atomic E-state index is -0.0347. The average Bonchev–Trinajstić information content (AvgIpc) is 3.10. The van der Waals surface area contributed by atoms with Gasteiger partial charge in [0.1, 0.15) is 17.0 Å². The van der Waals surface area contributed by atoms with Gasteiger partial charge in [0.05, 0.1) is 11.9 Å². The van der Waals surface area contributed by atoms with Crippen molar-refractivity contribution in [3.8, 4) is 11.1 Å². The minimum Gasteiger partial charge on any atom is -0.385 e. The number of aromatic nitrogens is 2. The molecule has 0 aliphatic rings. The molecule has 1 N–H and O–H groups in total. The van der Waals surface area contributed by atoms with Gasteiger partial charge in [-0.15, -0.1) is 11.3 Å². The van der Waals surface area contributed by atoms with Crippen molar-refractivity contribution < 1.29 is 9.53 Å². The molecule has 0 aliphatic heterocycles. The molecule has 0 saturated heterocycles. The van der Waals surface area contributed by atoms with E-state index in [1.165, 1.54) is 5.56 Å². The van der Waals surface area contributed by atoms with Gasteiger partial charge in [-0.25, -0.2) is 9.97 Å². The number of aryl methyl sites for hydroxylation is 1. The van der Waals surface area contributed by atoms with Gasteiger partial charge < -0.3 is 15.0 Å². The van der Waals surface area contributed by atoms with Crippen LogP contribution in [0.5, 0.6) is 0 Å². The zero-order valence-electron chi connectivity index (χ0n) is 15.9. The summed E-state index contributed by atoms with van der Waals surface area (Å²) < 4.78 is 5.00. The SMILES string of the molecule is COCCCNC(=O)CN(C)c1ncnc2scc(-c3ccc(C)cc3)c12. The highest BCUT2D eigenvalue weighted by Gasteiger charge is 2.17. The first-order valence-corrected chi connectivity index (χ1v) is 9.74. The van der Waals surface area contributed by atoms with E-state index in [0.29, 0.717) is 13.2 Å². The molecule has 7 heteroatoms. The van der Waals surface area contributed by atoms with Gasteiger partial charge in [0, 0.05) is 38.3 Å². The minimum absolute atomic E-state index is 0.0347. The van der Waals surface area contributed by atoms with Gasteiger partial charge in [-0.3, -0.25) is 4.79 Å². The van der Waals surface area contributed by atoms with Gasteiger partial charge in [-0.2, -0.15) is 0 Å². The van der Waals surface area contributed by atoms with Crippen LogP contribution in [0, 0.1) is 6.92 Å². The molecule has 1 amide bonds. The Kier molecular flexibility index (Phi) is 6.36. The summed E-state index contributed by atoms with van der Waals surface area (Å²) in [5, 5.41) is 6.00. The van der Waals surface area contributed by atoms with Crippen molar-refractivity contribution >= 4 is 33.3 Å². The predicted molar refractivity (Wildman–Crippen MR) is 110 cm³/mol. The molecule has 0 bridgehead atoms. The highest BCUT2D eigenvalue weighted by molar-refractivity contribution is 7.17. The third kappa shape index (κ3) is 4.61. The van der Waals surface area contributed by atoms with Crippen molar-refractivity contribution in [2.75, 3.05) is 38.8 Å². The van der Waals surface area contributed by atoms with Crippen LogP contribution in [-0.4, -0.2) is 49.7 Å². The zero-order valence-corrected chi connectivity index (χ0v) is 16.7. The molecule has 2 aromatic heterocycles. The Morgan fingerprint density at radius 2 is 2.04 bits per heavy atom. The lowest BCUT2D eigenvalue weighted by Gasteiger charge is -2.19. The van der Waals surface area contributed by atoms with Gasteiger partial charge >= 0.3 is 0 Å². The monoisotopic (exact) mass is 384 g/mol. The fourth-order valence-corrected chi connectivity index (χ4v) is 3.80. The number of amides is 1. The summed E-state index contributed by atoms with van der Waals surface area (Å²) in [6, 6.07) is 8.41. The molecule has 142 valence electrons. The Morgan fingerprint density at radius 3 is 2.78 bits per heavy atom. The summed E-state index contributed by atoms with van der Waals surface area (Å²) >= 11 is 1.59. The van der Waals surface area contributed by atoms with Crippen molar-refractivity contribution in [2.45, 2.75) is 13.3 Å². The summed E-state index contributed by atoms with van der Waals surface area (Å²) in [6.07, 6.45) is 2.35. The largest absolute Gasteiger partial charge is 0.385 e. The second-order valence-corrected chi connectivity index (χ2v) is 7.30. The molecule has 0 aliphatic carbocycles. The van der Waals surface area contributed by atoms with E-state index in [2.05, 4.69) is 51.9 Å². The highest BCUT2D eigenvalue weighted by Crippen LogP contribution is 2.37. The number of nitrogens with one attached hydrogen (secondary N) is 1. The van der Waals surface area contributed by atoms with Crippen LogP contribution in [0.2, 0.25) is 0 Å². The van der Waals surface area contributed by atoms with E-state index >= 15 is 0 Å². The number of ether oxygens (including phenoxy) is 1. The Labute approximate surface area is 163 Å². The number of fused-ring (bicyclic) bond motifs is 1. The first-order chi connectivity index (χ1) is 13.1. The molecular weight excluding hydrogens is 360 g/mol. The van der Waals surface area contributed by atoms with Crippen LogP contribution in [-0.2, 0) is 9.53 Å². The maximum atomic E-state index is 12.2. The quantitative estimate of drug-likeness (QED) is 0.604. The van der Waals surface area contributed by atoms with Gasteiger partial charge in [0.25, 0.3) is 0 Å². The molecule has 1 aromatic carbocycles. The van der Waals surface area contributed by atoms with Gasteiger partial charge in [0.15, 0.2) is 0 Å². The number of nitrogens with zero attached hydrogens (tertiary/aromatic N) is 3. The van der Waals surface area contributed by atoms with Crippen LogP contribution >= 0.6 is 11.3 Å². The Balaban J connectivity index is 1.82. The molecular formula is C20H24N4O2S. The Hall–Kier alpha value is -2.51. The fourth-order valence-electron chi connectivity index (χ4n) is 2.88. The number of hydrogen-bond acceptors (Lipinski definition) is 6. The van der Waals surface area contributed by atoms with Crippen LogP contribution in [0.1, 0.15) is 12.0 Å². The van der Waals surface area contributed by atoms with Gasteiger partial charge in [0.2, 0.25) is 5.91 Å². The predicted octanol–water partition coefficient (Wildman–Crippen LogP) is 3.26. The lowest BCUT2D eigenvalue weighted by Crippen LogP contribution is -2.36. The number of hydrogen-bond donors (Lipinski definition) is 1. The summed E-state index contributed by atoms with van der Waals surface area (Å²) in [6.45, 7) is 3.55. The molecule has 0 spiro atoms. The van der Waals surface area contributed by atoms with Gasteiger partial charge in [-0.1, -0.05) is 29.8 Å². The molecule has 0 radical (unpaired) electrons. The van der Waals surface area contributed by atoms with E-state index in [0.717, 1.165) is 33.6 Å². The van der Waals surface area contributed by atoms with Crippen molar-refractivity contribution in [3.05, 3.63) is 41.5 Å². The number of benzene rings is 1. The van der Waals surface area contributed by atoms with Crippen LogP contribution in [0.25, 0.3) is 21.3 Å². The fraction of sp³-hybridized carbons (Fsp3) is 0.350. The lowest BCUT2D eigenvalue weighted by atomic mass is 10.0. The number of carbonyl (C=O) groups excluding carboxylic acids is 1. The number of anilines is 1. The summed E-state index contributed by atoms with van der Waals surface area (Å²) in [4.78, 5) is 23.9. The summed E-state index contributed by atoms with van der Waals surface area (Å²) in [5.74, 6) is 0.733. The van der Waals surface area contributed by atoms with E-state index in [9.17, 15) is 4.79 Å². The van der Waals surface area contributed by atoms with E-state index < -0.39 is 0 Å². The molecule has 6 nitrogen and oxygen atoms in total. The van der Waals surface area contributed by atoms with E-state index in [1.807, 2.05) is 11.9 Å². The molecule has 0 unspecified atom stereocenters. The second kappa shape index (κ2) is 8.92. The van der Waals surface area contributed by atoms with Gasteiger partial charge in [-0.05, 0) is 18.9 Å². The standard InChI is InChI=1S/C20H24N4O2S/c1-14-5-7-15(8-6-14)16-12-27-20-18(16)19(22-13-23-20)24(2)11-17(25)21-9-4-10-26-3/h5-8,12-13H,4,9-11H2,1-3H3,(H,21,25). The van der Waals surface area contributed by atoms with Crippen molar-refractivity contribution in [1.29, 1.82) is 0 Å². The number of rotatable bonds is 8. The molecule has 3 aromatic rings. The normalized spacial score (nSPS) is 10.9. The molecule has 3 rings (SSSR count). The first kappa shape index (κ1) is 19.3. The Bertz CT molecular complexity index is 908. The molecule has 2 heterocycles. The average molecular weight is 385 g/mol. The number of carbonyl (C=O) groups is 1. The van der Waals surface area contributed by atoms with Crippen LogP contribution in [0.4, 0.5) is 5.82 Å². The first-order valence-electron chi connectivity index (χ1n) is 8.86. The van der Waals surface area contributed by atoms with E-state index in [4.69, 9.17) is 4.74 Å². The molecule has 0 atom stereocenters. The maximum absolute atomic E-state index is 12.2. The lowest BCUT2D eigenvalue weighted by molar-refractivity contribution is -0.119. The zero-order chi connectivity index (χ0) is 19.2. The molecule has 27 heavy (non-hydrogen) atoms. The van der Waals surface area contributed by atoms with Crippen LogP contribution in [0.3, 0.4) is 0 Å².